The average Bonchev–Trinajstić information content (AvgIpc) is 2.68. The van der Waals surface area contributed by atoms with Gasteiger partial charge in [-0.25, -0.2) is 0 Å². The molecule has 2 nitrogen and oxygen atoms in total. The van der Waals surface area contributed by atoms with Crippen LogP contribution in [0.2, 0.25) is 15.1 Å². The maximum absolute atomic E-state index is 6.02. The molecular formula is C11H11Cl3N2. The van der Waals surface area contributed by atoms with E-state index in [4.69, 9.17) is 34.8 Å². The van der Waals surface area contributed by atoms with E-state index >= 15 is 0 Å². The number of hydrazone groups is 1. The highest BCUT2D eigenvalue weighted by Crippen LogP contribution is 2.33. The number of anilines is 1. The van der Waals surface area contributed by atoms with Crippen LogP contribution in [0.15, 0.2) is 17.2 Å². The van der Waals surface area contributed by atoms with Crippen molar-refractivity contribution in [1.29, 1.82) is 0 Å². The molecule has 1 fully saturated rings. The van der Waals surface area contributed by atoms with E-state index in [0.29, 0.717) is 20.8 Å². The smallest absolute Gasteiger partial charge is 0.0935 e. The Morgan fingerprint density at radius 1 is 1.00 bits per heavy atom. The van der Waals surface area contributed by atoms with Crippen molar-refractivity contribution in [3.05, 3.63) is 27.2 Å². The highest BCUT2D eigenvalue weighted by atomic mass is 35.5. The first-order valence-corrected chi connectivity index (χ1v) is 6.26. The van der Waals surface area contributed by atoms with Gasteiger partial charge in [-0.3, -0.25) is 5.43 Å². The lowest BCUT2D eigenvalue weighted by atomic mass is 10.3. The molecule has 0 heterocycles. The molecule has 1 saturated carbocycles. The summed E-state index contributed by atoms with van der Waals surface area (Å²) in [5, 5.41) is 5.79. The summed E-state index contributed by atoms with van der Waals surface area (Å²) in [5.41, 5.74) is 4.70. The van der Waals surface area contributed by atoms with E-state index in [1.165, 1.54) is 18.6 Å². The fraction of sp³-hybridized carbons (Fsp3) is 0.364. The van der Waals surface area contributed by atoms with E-state index in [0.717, 1.165) is 12.8 Å². The Hall–Kier alpha value is -0.440. The van der Waals surface area contributed by atoms with Gasteiger partial charge in [-0.15, -0.1) is 0 Å². The number of hydrogen-bond donors (Lipinski definition) is 1. The van der Waals surface area contributed by atoms with Crippen LogP contribution in [0.5, 0.6) is 0 Å². The zero-order valence-electron chi connectivity index (χ0n) is 8.56. The molecule has 1 aromatic rings. The van der Waals surface area contributed by atoms with Gasteiger partial charge in [-0.05, 0) is 37.8 Å². The highest BCUT2D eigenvalue weighted by Gasteiger charge is 2.10. The van der Waals surface area contributed by atoms with E-state index in [1.807, 2.05) is 0 Å². The first kappa shape index (κ1) is 12.0. The molecule has 0 spiro atoms. The molecule has 0 radical (unpaired) electrons. The number of rotatable bonds is 2. The van der Waals surface area contributed by atoms with E-state index in [-0.39, 0.29) is 0 Å². The predicted octanol–water partition coefficient (Wildman–Crippen LogP) is 4.99. The summed E-state index contributed by atoms with van der Waals surface area (Å²) < 4.78 is 0. The Balaban J connectivity index is 2.17. The van der Waals surface area contributed by atoms with Gasteiger partial charge < -0.3 is 0 Å². The van der Waals surface area contributed by atoms with Gasteiger partial charge in [0.2, 0.25) is 0 Å². The summed E-state index contributed by atoms with van der Waals surface area (Å²) in [6.45, 7) is 0. The maximum atomic E-state index is 6.02. The SMILES string of the molecule is Clc1cc(Cl)c(NN=C2CCCC2)c(Cl)c1. The minimum absolute atomic E-state index is 0.486. The third-order valence-corrected chi connectivity index (χ3v) is 3.33. The Morgan fingerprint density at radius 3 is 2.12 bits per heavy atom. The zero-order chi connectivity index (χ0) is 11.5. The molecule has 2 rings (SSSR count). The second-order valence-corrected chi connectivity index (χ2v) is 4.99. The molecule has 1 aliphatic carbocycles. The van der Waals surface area contributed by atoms with E-state index in [9.17, 15) is 0 Å². The molecule has 0 aliphatic heterocycles. The molecule has 0 atom stereocenters. The van der Waals surface area contributed by atoms with Gasteiger partial charge >= 0.3 is 0 Å². The minimum Gasteiger partial charge on any atom is -0.276 e. The second-order valence-electron chi connectivity index (χ2n) is 3.74. The van der Waals surface area contributed by atoms with Gasteiger partial charge in [0.05, 0.1) is 15.7 Å². The normalized spacial score (nSPS) is 15.3. The molecule has 0 aromatic heterocycles. The van der Waals surface area contributed by atoms with Crippen LogP contribution in [0, 0.1) is 0 Å². The van der Waals surface area contributed by atoms with Crippen LogP contribution in [0.1, 0.15) is 25.7 Å². The first-order valence-electron chi connectivity index (χ1n) is 5.13. The predicted molar refractivity (Wildman–Crippen MR) is 71.0 cm³/mol. The Bertz CT molecular complexity index is 398. The van der Waals surface area contributed by atoms with Crippen LogP contribution in [0.3, 0.4) is 0 Å². The van der Waals surface area contributed by atoms with Gasteiger partial charge in [0.15, 0.2) is 0 Å². The summed E-state index contributed by atoms with van der Waals surface area (Å²) in [6.07, 6.45) is 4.52. The standard InChI is InChI=1S/C11H11Cl3N2/c12-7-5-9(13)11(10(14)6-7)16-15-8-3-1-2-4-8/h5-6,16H,1-4H2. The summed E-state index contributed by atoms with van der Waals surface area (Å²) in [4.78, 5) is 0. The summed E-state index contributed by atoms with van der Waals surface area (Å²) in [5.74, 6) is 0. The third kappa shape index (κ3) is 2.82. The van der Waals surface area contributed by atoms with Gasteiger partial charge in [-0.2, -0.15) is 5.10 Å². The van der Waals surface area contributed by atoms with Crippen LogP contribution in [-0.4, -0.2) is 5.71 Å². The summed E-state index contributed by atoms with van der Waals surface area (Å²) >= 11 is 17.9. The van der Waals surface area contributed by atoms with Crippen molar-refractivity contribution < 1.29 is 0 Å². The molecule has 1 N–H and O–H groups in total. The maximum Gasteiger partial charge on any atom is 0.0935 e. The Morgan fingerprint density at radius 2 is 1.56 bits per heavy atom. The number of benzene rings is 1. The molecule has 0 unspecified atom stereocenters. The zero-order valence-corrected chi connectivity index (χ0v) is 10.8. The number of nitrogens with zero attached hydrogens (tertiary/aromatic N) is 1. The molecule has 0 amide bonds. The second kappa shape index (κ2) is 5.26. The fourth-order valence-electron chi connectivity index (χ4n) is 1.68. The van der Waals surface area contributed by atoms with Gasteiger partial charge in [0.1, 0.15) is 0 Å². The lowest BCUT2D eigenvalue weighted by molar-refractivity contribution is 0.886. The molecule has 16 heavy (non-hydrogen) atoms. The van der Waals surface area contributed by atoms with E-state index < -0.39 is 0 Å². The number of nitrogens with one attached hydrogen (secondary N) is 1. The van der Waals surface area contributed by atoms with Crippen molar-refractivity contribution >= 4 is 46.2 Å². The lowest BCUT2D eigenvalue weighted by Gasteiger charge is -2.07. The van der Waals surface area contributed by atoms with Crippen LogP contribution >= 0.6 is 34.8 Å². The van der Waals surface area contributed by atoms with Gasteiger partial charge in [0, 0.05) is 10.7 Å². The van der Waals surface area contributed by atoms with Crippen molar-refractivity contribution in [2.75, 3.05) is 5.43 Å². The van der Waals surface area contributed by atoms with Crippen molar-refractivity contribution in [2.45, 2.75) is 25.7 Å². The van der Waals surface area contributed by atoms with Crippen LogP contribution in [0.4, 0.5) is 5.69 Å². The molecule has 5 heteroatoms. The Labute approximate surface area is 110 Å². The first-order chi connectivity index (χ1) is 7.66. The Kier molecular flexibility index (Phi) is 3.95. The topological polar surface area (TPSA) is 24.4 Å². The lowest BCUT2D eigenvalue weighted by Crippen LogP contribution is -1.97. The minimum atomic E-state index is 0.486. The third-order valence-electron chi connectivity index (χ3n) is 2.51. The monoisotopic (exact) mass is 276 g/mol. The van der Waals surface area contributed by atoms with Crippen molar-refractivity contribution in [2.24, 2.45) is 5.10 Å². The highest BCUT2D eigenvalue weighted by molar-refractivity contribution is 6.41. The summed E-state index contributed by atoms with van der Waals surface area (Å²) in [6, 6.07) is 3.29. The van der Waals surface area contributed by atoms with Crippen LogP contribution < -0.4 is 5.43 Å². The number of hydrogen-bond acceptors (Lipinski definition) is 2. The largest absolute Gasteiger partial charge is 0.276 e. The molecule has 1 aliphatic rings. The van der Waals surface area contributed by atoms with E-state index in [1.54, 1.807) is 12.1 Å². The molecule has 0 saturated heterocycles. The quantitative estimate of drug-likeness (QED) is 0.757. The number of halogens is 3. The van der Waals surface area contributed by atoms with Crippen molar-refractivity contribution in [3.8, 4) is 0 Å². The molecular weight excluding hydrogens is 266 g/mol. The summed E-state index contributed by atoms with van der Waals surface area (Å²) in [7, 11) is 0. The van der Waals surface area contributed by atoms with Gasteiger partial charge in [0.25, 0.3) is 0 Å². The molecule has 0 bridgehead atoms. The van der Waals surface area contributed by atoms with Gasteiger partial charge in [-0.1, -0.05) is 34.8 Å². The fourth-order valence-corrected chi connectivity index (χ4v) is 2.58. The molecule has 1 aromatic carbocycles. The van der Waals surface area contributed by atoms with Crippen molar-refractivity contribution in [1.82, 2.24) is 0 Å². The van der Waals surface area contributed by atoms with Crippen LogP contribution in [-0.2, 0) is 0 Å². The average molecular weight is 278 g/mol. The van der Waals surface area contributed by atoms with E-state index in [2.05, 4.69) is 10.5 Å². The van der Waals surface area contributed by atoms with Crippen molar-refractivity contribution in [3.63, 3.8) is 0 Å². The van der Waals surface area contributed by atoms with Crippen LogP contribution in [0.25, 0.3) is 0 Å². The molecule has 86 valence electrons.